The first-order valence-corrected chi connectivity index (χ1v) is 5.41. The minimum atomic E-state index is -0.324. The minimum absolute atomic E-state index is 0.324. The molecule has 0 fully saturated rings. The van der Waals surface area contributed by atoms with Crippen LogP contribution in [0.25, 0.3) is 11.3 Å². The van der Waals surface area contributed by atoms with Crippen LogP contribution in [-0.2, 0) is 0 Å². The molecule has 0 N–H and O–H groups in total. The van der Waals surface area contributed by atoms with E-state index in [0.717, 1.165) is 0 Å². The molecule has 1 aromatic heterocycles. The second kappa shape index (κ2) is 4.16. The first-order chi connectivity index (χ1) is 7.20. The zero-order valence-electron chi connectivity index (χ0n) is 7.83. The van der Waals surface area contributed by atoms with Crippen molar-refractivity contribution in [2.24, 2.45) is 0 Å². The highest BCUT2D eigenvalue weighted by atomic mass is 35.5. The van der Waals surface area contributed by atoms with Crippen molar-refractivity contribution in [2.75, 3.05) is 7.11 Å². The normalized spacial score (nSPS) is 10.3. The lowest BCUT2D eigenvalue weighted by Gasteiger charge is -2.05. The van der Waals surface area contributed by atoms with E-state index in [4.69, 9.17) is 16.3 Å². The zero-order valence-corrected chi connectivity index (χ0v) is 9.40. The minimum Gasteiger partial charge on any atom is -0.496 e. The third-order valence-electron chi connectivity index (χ3n) is 1.91. The zero-order chi connectivity index (χ0) is 10.8. The van der Waals surface area contributed by atoms with Crippen LogP contribution in [0.5, 0.6) is 5.75 Å². The summed E-state index contributed by atoms with van der Waals surface area (Å²) >= 11 is 7.02. The summed E-state index contributed by atoms with van der Waals surface area (Å²) in [6, 6.07) is 4.29. The van der Waals surface area contributed by atoms with Gasteiger partial charge in [-0.3, -0.25) is 0 Å². The monoisotopic (exact) mass is 243 g/mol. The first kappa shape index (κ1) is 10.4. The predicted octanol–water partition coefficient (Wildman–Crippen LogP) is 3.61. The van der Waals surface area contributed by atoms with E-state index >= 15 is 0 Å². The molecule has 0 bridgehead atoms. The molecular weight excluding hydrogens is 237 g/mol. The Morgan fingerprint density at radius 1 is 1.47 bits per heavy atom. The summed E-state index contributed by atoms with van der Waals surface area (Å²) in [5, 5.41) is 1.76. The van der Waals surface area contributed by atoms with Gasteiger partial charge in [0.1, 0.15) is 11.6 Å². The summed E-state index contributed by atoms with van der Waals surface area (Å²) in [6.07, 6.45) is 0. The number of nitrogens with zero attached hydrogens (tertiary/aromatic N) is 1. The van der Waals surface area contributed by atoms with Gasteiger partial charge in [0.2, 0.25) is 0 Å². The maximum atomic E-state index is 13.1. The van der Waals surface area contributed by atoms with Gasteiger partial charge in [0.15, 0.2) is 4.47 Å². The average Bonchev–Trinajstić information content (AvgIpc) is 2.65. The van der Waals surface area contributed by atoms with Gasteiger partial charge in [0, 0.05) is 10.9 Å². The Hall–Kier alpha value is -1.13. The van der Waals surface area contributed by atoms with Crippen molar-refractivity contribution in [2.45, 2.75) is 0 Å². The van der Waals surface area contributed by atoms with Gasteiger partial charge in [-0.05, 0) is 18.2 Å². The van der Waals surface area contributed by atoms with Gasteiger partial charge >= 0.3 is 0 Å². The van der Waals surface area contributed by atoms with Crippen molar-refractivity contribution < 1.29 is 9.13 Å². The molecule has 2 nitrogen and oxygen atoms in total. The van der Waals surface area contributed by atoms with Crippen LogP contribution in [0.4, 0.5) is 4.39 Å². The Kier molecular flexibility index (Phi) is 2.88. The van der Waals surface area contributed by atoms with Gasteiger partial charge in [-0.1, -0.05) is 11.6 Å². The topological polar surface area (TPSA) is 22.1 Å². The summed E-state index contributed by atoms with van der Waals surface area (Å²) in [5.74, 6) is 0.258. The van der Waals surface area contributed by atoms with Gasteiger partial charge in [0.05, 0.1) is 12.8 Å². The van der Waals surface area contributed by atoms with Crippen LogP contribution in [0.2, 0.25) is 4.47 Å². The molecule has 0 atom stereocenters. The number of rotatable bonds is 2. The highest BCUT2D eigenvalue weighted by molar-refractivity contribution is 7.14. The molecule has 2 rings (SSSR count). The third-order valence-corrected chi connectivity index (χ3v) is 2.89. The molecular formula is C10H7ClFNOS. The Balaban J connectivity index is 2.55. The lowest BCUT2D eigenvalue weighted by molar-refractivity contribution is 0.415. The molecule has 0 unspecified atom stereocenters. The fourth-order valence-corrected chi connectivity index (χ4v) is 2.02. The maximum Gasteiger partial charge on any atom is 0.184 e. The van der Waals surface area contributed by atoms with Crippen molar-refractivity contribution >= 4 is 22.9 Å². The van der Waals surface area contributed by atoms with Crippen LogP contribution >= 0.6 is 22.9 Å². The fraction of sp³-hybridized carbons (Fsp3) is 0.100. The second-order valence-electron chi connectivity index (χ2n) is 2.83. The largest absolute Gasteiger partial charge is 0.496 e. The number of hydrogen-bond acceptors (Lipinski definition) is 3. The number of hydrogen-bond donors (Lipinski definition) is 0. The molecule has 0 aliphatic heterocycles. The molecule has 0 radical (unpaired) electrons. The molecule has 0 aliphatic rings. The molecule has 1 heterocycles. The van der Waals surface area contributed by atoms with Crippen molar-refractivity contribution in [3.8, 4) is 17.0 Å². The molecule has 1 aromatic carbocycles. The predicted molar refractivity (Wildman–Crippen MR) is 59.1 cm³/mol. The summed E-state index contributed by atoms with van der Waals surface area (Å²) < 4.78 is 18.6. The highest BCUT2D eigenvalue weighted by Gasteiger charge is 2.10. The van der Waals surface area contributed by atoms with Gasteiger partial charge in [-0.15, -0.1) is 11.3 Å². The molecule has 0 spiro atoms. The van der Waals surface area contributed by atoms with E-state index in [-0.39, 0.29) is 5.82 Å². The third kappa shape index (κ3) is 2.11. The van der Waals surface area contributed by atoms with Crippen molar-refractivity contribution in [3.05, 3.63) is 33.9 Å². The van der Waals surface area contributed by atoms with E-state index in [2.05, 4.69) is 4.98 Å². The average molecular weight is 244 g/mol. The van der Waals surface area contributed by atoms with Crippen LogP contribution in [0.15, 0.2) is 23.6 Å². The summed E-state index contributed by atoms with van der Waals surface area (Å²) in [6.45, 7) is 0. The van der Waals surface area contributed by atoms with Gasteiger partial charge in [0.25, 0.3) is 0 Å². The smallest absolute Gasteiger partial charge is 0.184 e. The van der Waals surface area contributed by atoms with Crippen molar-refractivity contribution in [3.63, 3.8) is 0 Å². The van der Waals surface area contributed by atoms with E-state index in [0.29, 0.717) is 21.5 Å². The number of aromatic nitrogens is 1. The second-order valence-corrected chi connectivity index (χ2v) is 4.27. The molecule has 78 valence electrons. The lowest BCUT2D eigenvalue weighted by atomic mass is 10.1. The summed E-state index contributed by atoms with van der Waals surface area (Å²) in [7, 11) is 1.53. The summed E-state index contributed by atoms with van der Waals surface area (Å²) in [5.41, 5.74) is 1.24. The SMILES string of the molecule is COc1ccc(F)cc1-c1csc(Cl)n1. The van der Waals surface area contributed by atoms with E-state index in [9.17, 15) is 4.39 Å². The van der Waals surface area contributed by atoms with Gasteiger partial charge in [-0.25, -0.2) is 9.37 Å². The number of methoxy groups -OCH3 is 1. The molecule has 0 saturated heterocycles. The maximum absolute atomic E-state index is 13.1. The fourth-order valence-electron chi connectivity index (χ4n) is 1.26. The van der Waals surface area contributed by atoms with E-state index in [1.54, 1.807) is 11.4 Å². The number of thiazole rings is 1. The molecule has 5 heteroatoms. The quantitative estimate of drug-likeness (QED) is 0.804. The molecule has 2 aromatic rings. The van der Waals surface area contributed by atoms with Gasteiger partial charge in [-0.2, -0.15) is 0 Å². The van der Waals surface area contributed by atoms with Crippen LogP contribution in [0.1, 0.15) is 0 Å². The number of ether oxygens (including phenoxy) is 1. The summed E-state index contributed by atoms with van der Waals surface area (Å²) in [4.78, 5) is 4.07. The number of halogens is 2. The Morgan fingerprint density at radius 2 is 2.27 bits per heavy atom. The molecule has 0 amide bonds. The van der Waals surface area contributed by atoms with Crippen LogP contribution < -0.4 is 4.74 Å². The van der Waals surface area contributed by atoms with E-state index in [1.165, 1.54) is 30.6 Å². The van der Waals surface area contributed by atoms with Crippen molar-refractivity contribution in [1.29, 1.82) is 0 Å². The van der Waals surface area contributed by atoms with Crippen LogP contribution in [0.3, 0.4) is 0 Å². The van der Waals surface area contributed by atoms with Crippen LogP contribution in [-0.4, -0.2) is 12.1 Å². The first-order valence-electron chi connectivity index (χ1n) is 4.15. The van der Waals surface area contributed by atoms with Gasteiger partial charge < -0.3 is 4.74 Å². The lowest BCUT2D eigenvalue weighted by Crippen LogP contribution is -1.89. The van der Waals surface area contributed by atoms with E-state index in [1.807, 2.05) is 0 Å². The molecule has 15 heavy (non-hydrogen) atoms. The van der Waals surface area contributed by atoms with E-state index < -0.39 is 0 Å². The Morgan fingerprint density at radius 3 is 2.87 bits per heavy atom. The number of benzene rings is 1. The van der Waals surface area contributed by atoms with Crippen LogP contribution in [0, 0.1) is 5.82 Å². The molecule has 0 saturated carbocycles. The van der Waals surface area contributed by atoms with Crippen molar-refractivity contribution in [1.82, 2.24) is 4.98 Å². The Bertz CT molecular complexity index is 486. The standard InChI is InChI=1S/C10H7ClFNOS/c1-14-9-3-2-6(12)4-7(9)8-5-15-10(11)13-8/h2-5H,1H3. The Labute approximate surface area is 95.3 Å². The highest BCUT2D eigenvalue weighted by Crippen LogP contribution is 2.32. The molecule has 0 aliphatic carbocycles.